The van der Waals surface area contributed by atoms with Gasteiger partial charge in [0, 0.05) is 42.9 Å². The van der Waals surface area contributed by atoms with Crippen molar-refractivity contribution in [1.29, 1.82) is 0 Å². The fourth-order valence-electron chi connectivity index (χ4n) is 6.34. The fourth-order valence-corrected chi connectivity index (χ4v) is 6.99. The van der Waals surface area contributed by atoms with Crippen molar-refractivity contribution in [3.8, 4) is 0 Å². The van der Waals surface area contributed by atoms with E-state index in [0.29, 0.717) is 18.6 Å². The van der Waals surface area contributed by atoms with Crippen LogP contribution in [0.5, 0.6) is 0 Å². The van der Waals surface area contributed by atoms with Gasteiger partial charge in [-0.1, -0.05) is 19.4 Å². The molecule has 1 aromatic carbocycles. The zero-order valence-corrected chi connectivity index (χ0v) is 26.4. The van der Waals surface area contributed by atoms with Gasteiger partial charge in [-0.05, 0) is 82.7 Å². The number of pyridine rings is 1. The Bertz CT molecular complexity index is 1580. The van der Waals surface area contributed by atoms with Crippen LogP contribution < -0.4 is 10.2 Å². The van der Waals surface area contributed by atoms with Crippen molar-refractivity contribution in [1.82, 2.24) is 15.2 Å². The van der Waals surface area contributed by atoms with Crippen LogP contribution in [0.25, 0.3) is 0 Å². The van der Waals surface area contributed by atoms with Crippen LogP contribution >= 0.6 is 10.2 Å². The van der Waals surface area contributed by atoms with E-state index in [2.05, 4.69) is 10.3 Å². The molecule has 2 aliphatic carbocycles. The summed E-state index contributed by atoms with van der Waals surface area (Å²) in [5.74, 6) is -6.30. The third-order valence-corrected chi connectivity index (χ3v) is 9.79. The molecule has 3 atom stereocenters. The predicted molar refractivity (Wildman–Crippen MR) is 156 cm³/mol. The minimum atomic E-state index is -10.2. The number of anilines is 1. The lowest BCUT2D eigenvalue weighted by atomic mass is 9.91. The molecule has 8 nitrogen and oxygen atoms in total. The summed E-state index contributed by atoms with van der Waals surface area (Å²) in [6.07, 6.45) is 0.0439. The highest BCUT2D eigenvalue weighted by atomic mass is 32.5. The van der Waals surface area contributed by atoms with Crippen molar-refractivity contribution in [2.45, 2.75) is 93.3 Å². The number of piperidine rings is 1. The van der Waals surface area contributed by atoms with E-state index < -0.39 is 92.4 Å². The molecule has 260 valence electrons. The summed E-state index contributed by atoms with van der Waals surface area (Å²) in [5.41, 5.74) is -3.28. The fraction of sp³-hybridized carbons (Fsp3) is 0.533. The molecule has 1 unspecified atom stereocenters. The first kappa shape index (κ1) is 34.7. The van der Waals surface area contributed by atoms with E-state index in [1.165, 1.54) is 4.90 Å². The summed E-state index contributed by atoms with van der Waals surface area (Å²) in [5, 5.41) is 2.59. The SMILES string of the molecule is CC(C)(C)OC(=O)N1CC[C@H]2C[C@]21C(=O)N(c1ccc(S(F)(F)(F)(F)F)cc1)C(C(=O)NC1CCC(F)(F)CC1)c1cncc(F)c1. The number of rotatable bonds is 7. The Morgan fingerprint density at radius 3 is 2.17 bits per heavy atom. The molecule has 1 N–H and O–H groups in total. The van der Waals surface area contributed by atoms with Crippen LogP contribution in [0.2, 0.25) is 0 Å². The van der Waals surface area contributed by atoms with Crippen molar-refractivity contribution >= 4 is 33.8 Å². The molecule has 1 aliphatic heterocycles. The maximum atomic E-state index is 14.7. The molecule has 3 fully saturated rings. The number of carbonyl (C=O) groups excluding carboxylic acids is 3. The summed E-state index contributed by atoms with van der Waals surface area (Å²) in [6, 6.07) is -0.493. The maximum Gasteiger partial charge on any atom is 0.411 e. The van der Waals surface area contributed by atoms with E-state index in [0.717, 1.165) is 23.4 Å². The van der Waals surface area contributed by atoms with Gasteiger partial charge in [-0.3, -0.25) is 24.4 Å². The molecule has 47 heavy (non-hydrogen) atoms. The van der Waals surface area contributed by atoms with Crippen LogP contribution in [-0.4, -0.2) is 57.4 Å². The van der Waals surface area contributed by atoms with E-state index in [9.17, 15) is 47.0 Å². The van der Waals surface area contributed by atoms with Crippen LogP contribution in [0.4, 0.5) is 43.1 Å². The number of nitrogens with zero attached hydrogens (tertiary/aromatic N) is 3. The number of carbonyl (C=O) groups is 3. The van der Waals surface area contributed by atoms with Crippen molar-refractivity contribution in [2.75, 3.05) is 11.4 Å². The van der Waals surface area contributed by atoms with E-state index >= 15 is 0 Å². The monoisotopic (exact) mass is 698 g/mol. The summed E-state index contributed by atoms with van der Waals surface area (Å²) >= 11 is 0. The molecule has 3 aliphatic rings. The first-order valence-electron chi connectivity index (χ1n) is 14.9. The van der Waals surface area contributed by atoms with E-state index in [4.69, 9.17) is 4.74 Å². The van der Waals surface area contributed by atoms with Gasteiger partial charge in [0.05, 0.1) is 6.20 Å². The van der Waals surface area contributed by atoms with Crippen LogP contribution in [0, 0.1) is 11.7 Å². The number of ether oxygens (including phenoxy) is 1. The zero-order valence-electron chi connectivity index (χ0n) is 25.6. The Kier molecular flexibility index (Phi) is 7.89. The van der Waals surface area contributed by atoms with Crippen molar-refractivity contribution in [2.24, 2.45) is 5.92 Å². The average molecular weight is 699 g/mol. The summed E-state index contributed by atoms with van der Waals surface area (Å²) in [7, 11) is -10.2. The Morgan fingerprint density at radius 2 is 1.64 bits per heavy atom. The van der Waals surface area contributed by atoms with Crippen LogP contribution in [-0.2, 0) is 14.3 Å². The number of alkyl halides is 2. The lowest BCUT2D eigenvalue weighted by molar-refractivity contribution is -0.130. The number of likely N-dealkylation sites (tertiary alicyclic amines) is 1. The molecular formula is C30H34F8N4O4S. The third kappa shape index (κ3) is 7.28. The predicted octanol–water partition coefficient (Wildman–Crippen LogP) is 8.05. The smallest absolute Gasteiger partial charge is 0.411 e. The van der Waals surface area contributed by atoms with Crippen molar-refractivity contribution in [3.05, 3.63) is 54.1 Å². The number of nitrogens with one attached hydrogen (secondary N) is 1. The number of halogens is 8. The second kappa shape index (κ2) is 10.7. The Morgan fingerprint density at radius 1 is 1.02 bits per heavy atom. The van der Waals surface area contributed by atoms with Crippen molar-refractivity contribution in [3.63, 3.8) is 0 Å². The second-order valence-electron chi connectivity index (χ2n) is 13.4. The van der Waals surface area contributed by atoms with E-state index in [1.54, 1.807) is 20.8 Å². The lowest BCUT2D eigenvalue weighted by Gasteiger charge is -2.41. The van der Waals surface area contributed by atoms with Gasteiger partial charge in [-0.15, -0.1) is 0 Å². The molecular weight excluding hydrogens is 664 g/mol. The van der Waals surface area contributed by atoms with E-state index in [-0.39, 0.29) is 43.5 Å². The second-order valence-corrected chi connectivity index (χ2v) is 15.8. The largest absolute Gasteiger partial charge is 0.444 e. The number of fused-ring (bicyclic) bond motifs is 1. The molecule has 2 aromatic rings. The zero-order chi connectivity index (χ0) is 34.9. The highest BCUT2D eigenvalue weighted by molar-refractivity contribution is 8.45. The highest BCUT2D eigenvalue weighted by Crippen LogP contribution is 3.02. The number of hydrogen-bond acceptors (Lipinski definition) is 5. The topological polar surface area (TPSA) is 91.8 Å². The van der Waals surface area contributed by atoms with Crippen molar-refractivity contribution < 1.29 is 51.7 Å². The van der Waals surface area contributed by atoms with Gasteiger partial charge in [0.1, 0.15) is 27.9 Å². The Hall–Kier alpha value is -3.63. The van der Waals surface area contributed by atoms with Crippen LogP contribution in [0.3, 0.4) is 0 Å². The molecule has 0 spiro atoms. The van der Waals surface area contributed by atoms with Gasteiger partial charge < -0.3 is 10.1 Å². The van der Waals surface area contributed by atoms with Crippen LogP contribution in [0.15, 0.2) is 47.6 Å². The van der Waals surface area contributed by atoms with Gasteiger partial charge in [-0.2, -0.15) is 0 Å². The minimum absolute atomic E-state index is 0.0665. The Balaban J connectivity index is 1.62. The highest BCUT2D eigenvalue weighted by Gasteiger charge is 2.71. The third-order valence-electron chi connectivity index (χ3n) is 8.63. The molecule has 1 saturated heterocycles. The van der Waals surface area contributed by atoms with Crippen LogP contribution in [0.1, 0.15) is 70.9 Å². The molecule has 17 heteroatoms. The summed E-state index contributed by atoms with van der Waals surface area (Å²) in [6.45, 7) is 4.87. The quantitative estimate of drug-likeness (QED) is 0.296. The van der Waals surface area contributed by atoms with Gasteiger partial charge in [0.15, 0.2) is 0 Å². The molecule has 2 saturated carbocycles. The molecule has 0 bridgehead atoms. The molecule has 5 rings (SSSR count). The number of aromatic nitrogens is 1. The van der Waals surface area contributed by atoms with Gasteiger partial charge in [-0.25, -0.2) is 18.0 Å². The standard InChI is InChI=1S/C30H34F8N4O4S/c1-28(2,3)46-27(45)41-13-10-19-15-30(19,41)26(44)42(22-4-6-23(7-5-22)47(34,35,36,37)38)24(18-14-20(31)17-39-16-18)25(43)40-21-8-11-29(32,33)12-9-21/h4-7,14,16-17,19,21,24H,8-13,15H2,1-3H3,(H,40,43)/t19-,24?,30+/m0/s1. The van der Waals surface area contributed by atoms with Gasteiger partial charge >= 0.3 is 16.3 Å². The first-order chi connectivity index (χ1) is 21.4. The van der Waals surface area contributed by atoms with Gasteiger partial charge in [0.25, 0.3) is 5.91 Å². The maximum absolute atomic E-state index is 14.7. The first-order valence-corrected chi connectivity index (χ1v) is 16.8. The number of benzene rings is 1. The number of amides is 3. The molecule has 1 aromatic heterocycles. The lowest BCUT2D eigenvalue weighted by Crippen LogP contribution is -2.56. The van der Waals surface area contributed by atoms with E-state index in [1.807, 2.05) is 0 Å². The molecule has 0 radical (unpaired) electrons. The minimum Gasteiger partial charge on any atom is -0.444 e. The number of hydrogen-bond donors (Lipinski definition) is 1. The Labute approximate surface area is 265 Å². The summed E-state index contributed by atoms with van der Waals surface area (Å²) < 4.78 is 116. The molecule has 3 amide bonds. The normalized spacial score (nSPS) is 24.7. The summed E-state index contributed by atoms with van der Waals surface area (Å²) in [4.78, 5) is 45.4. The van der Waals surface area contributed by atoms with Gasteiger partial charge in [0.2, 0.25) is 11.8 Å². The molecule has 2 heterocycles. The average Bonchev–Trinajstić information content (AvgIpc) is 3.54.